The fourth-order valence-corrected chi connectivity index (χ4v) is 3.01. The van der Waals surface area contributed by atoms with E-state index in [2.05, 4.69) is 0 Å². The minimum Gasteiger partial charge on any atom is -0.484 e. The van der Waals surface area contributed by atoms with Crippen LogP contribution in [0.5, 0.6) is 5.75 Å². The van der Waals surface area contributed by atoms with E-state index < -0.39 is 29.4 Å². The zero-order chi connectivity index (χ0) is 18.4. The van der Waals surface area contributed by atoms with Crippen molar-refractivity contribution >= 4 is 16.9 Å². The van der Waals surface area contributed by atoms with Gasteiger partial charge in [-0.3, -0.25) is 4.79 Å². The third-order valence-electron chi connectivity index (χ3n) is 4.28. The van der Waals surface area contributed by atoms with Gasteiger partial charge in [-0.25, -0.2) is 4.79 Å². The van der Waals surface area contributed by atoms with Crippen LogP contribution >= 0.6 is 0 Å². The van der Waals surface area contributed by atoms with Crippen LogP contribution in [-0.4, -0.2) is 22.8 Å². The van der Waals surface area contributed by atoms with Crippen LogP contribution in [0.15, 0.2) is 33.5 Å². The molecular weight excluding hydrogens is 324 g/mol. The molecule has 6 nitrogen and oxygen atoms in total. The summed E-state index contributed by atoms with van der Waals surface area (Å²) in [5, 5.41) is 11.4. The van der Waals surface area contributed by atoms with Crippen molar-refractivity contribution in [2.75, 3.05) is 0 Å². The lowest BCUT2D eigenvalue weighted by atomic mass is 9.87. The number of aliphatic hydroxyl groups excluding tert-OH is 1. The maximum absolute atomic E-state index is 12.2. The van der Waals surface area contributed by atoms with Crippen LogP contribution < -0.4 is 10.4 Å². The average molecular weight is 346 g/mol. The highest BCUT2D eigenvalue weighted by atomic mass is 16.6. The number of esters is 1. The zero-order valence-corrected chi connectivity index (χ0v) is 14.7. The van der Waals surface area contributed by atoms with Gasteiger partial charge in [0.1, 0.15) is 23.0 Å². The summed E-state index contributed by atoms with van der Waals surface area (Å²) in [5.74, 6) is 0.139. The Morgan fingerprint density at radius 2 is 1.96 bits per heavy atom. The molecule has 1 aromatic heterocycles. The average Bonchev–Trinajstić information content (AvgIpc) is 2.50. The van der Waals surface area contributed by atoms with Gasteiger partial charge in [0.25, 0.3) is 0 Å². The first-order valence-electron chi connectivity index (χ1n) is 8.32. The van der Waals surface area contributed by atoms with Crippen LogP contribution in [-0.2, 0) is 9.53 Å². The molecule has 2 heterocycles. The van der Waals surface area contributed by atoms with Gasteiger partial charge in [-0.05, 0) is 38.0 Å². The van der Waals surface area contributed by atoms with Crippen molar-refractivity contribution in [1.82, 2.24) is 0 Å². The Morgan fingerprint density at radius 3 is 2.64 bits per heavy atom. The van der Waals surface area contributed by atoms with Crippen molar-refractivity contribution in [2.24, 2.45) is 5.92 Å². The molecule has 3 rings (SSSR count). The summed E-state index contributed by atoms with van der Waals surface area (Å²) in [6.45, 7) is 7.26. The van der Waals surface area contributed by atoms with Crippen molar-refractivity contribution in [3.8, 4) is 5.75 Å². The van der Waals surface area contributed by atoms with Crippen LogP contribution in [0.1, 0.15) is 45.8 Å². The van der Waals surface area contributed by atoms with Crippen molar-refractivity contribution in [3.63, 3.8) is 0 Å². The quantitative estimate of drug-likeness (QED) is 0.679. The van der Waals surface area contributed by atoms with Crippen LogP contribution in [0.2, 0.25) is 0 Å². The maximum atomic E-state index is 12.2. The van der Waals surface area contributed by atoms with E-state index in [1.165, 1.54) is 6.07 Å². The van der Waals surface area contributed by atoms with Gasteiger partial charge in [0, 0.05) is 17.9 Å². The summed E-state index contributed by atoms with van der Waals surface area (Å²) >= 11 is 0. The van der Waals surface area contributed by atoms with E-state index >= 15 is 0 Å². The van der Waals surface area contributed by atoms with Crippen molar-refractivity contribution in [3.05, 3.63) is 40.2 Å². The highest BCUT2D eigenvalue weighted by Crippen LogP contribution is 2.45. The topological polar surface area (TPSA) is 86.0 Å². The number of fused-ring (bicyclic) bond motifs is 3. The largest absolute Gasteiger partial charge is 0.484 e. The monoisotopic (exact) mass is 346 g/mol. The first-order chi connectivity index (χ1) is 11.7. The second-order valence-corrected chi connectivity index (χ2v) is 7.31. The summed E-state index contributed by atoms with van der Waals surface area (Å²) in [4.78, 5) is 23.9. The van der Waals surface area contributed by atoms with E-state index in [4.69, 9.17) is 13.9 Å². The van der Waals surface area contributed by atoms with E-state index in [0.717, 1.165) is 0 Å². The lowest BCUT2D eigenvalue weighted by molar-refractivity contribution is -0.170. The van der Waals surface area contributed by atoms with Crippen LogP contribution in [0.4, 0.5) is 0 Å². The SMILES string of the molecule is CC(C)CC(=O)O[C@@H]1c2c(ccc3ccc(=O)oc23)OC(C)(C)[C@H]1O. The molecule has 1 aromatic carbocycles. The Labute approximate surface area is 145 Å². The predicted octanol–water partition coefficient (Wildman–Crippen LogP) is 2.96. The first kappa shape index (κ1) is 17.5. The minimum atomic E-state index is -1.10. The van der Waals surface area contributed by atoms with E-state index in [1.54, 1.807) is 32.0 Å². The number of ether oxygens (including phenoxy) is 2. The number of hydrogen-bond acceptors (Lipinski definition) is 6. The summed E-state index contributed by atoms with van der Waals surface area (Å²) in [6.07, 6.45) is -1.85. The maximum Gasteiger partial charge on any atom is 0.336 e. The normalized spacial score (nSPS) is 21.7. The number of rotatable bonds is 3. The molecule has 0 aliphatic carbocycles. The van der Waals surface area contributed by atoms with Gasteiger partial charge in [0.15, 0.2) is 6.10 Å². The predicted molar refractivity (Wildman–Crippen MR) is 91.5 cm³/mol. The fourth-order valence-electron chi connectivity index (χ4n) is 3.01. The number of aliphatic hydroxyl groups is 1. The molecular formula is C19H22O6. The molecule has 1 N–H and O–H groups in total. The standard InChI is InChI=1S/C19H22O6/c1-10(2)9-14(21)24-17-15-12(25-19(3,4)18(17)22)7-5-11-6-8-13(20)23-16(11)15/h5-8,10,17-18,22H,9H2,1-4H3/t17-,18+/m1/s1. The van der Waals surface area contributed by atoms with Gasteiger partial charge in [-0.1, -0.05) is 13.8 Å². The van der Waals surface area contributed by atoms with Crippen molar-refractivity contribution in [2.45, 2.75) is 51.9 Å². The molecule has 6 heteroatoms. The Hall–Kier alpha value is -2.34. The zero-order valence-electron chi connectivity index (χ0n) is 14.7. The molecule has 0 amide bonds. The molecule has 0 radical (unpaired) electrons. The fraction of sp³-hybridized carbons (Fsp3) is 0.474. The Bertz CT molecular complexity index is 864. The second-order valence-electron chi connectivity index (χ2n) is 7.31. The third-order valence-corrected chi connectivity index (χ3v) is 4.28. The molecule has 0 spiro atoms. The number of benzene rings is 1. The molecule has 25 heavy (non-hydrogen) atoms. The van der Waals surface area contributed by atoms with E-state index in [0.29, 0.717) is 16.7 Å². The first-order valence-corrected chi connectivity index (χ1v) is 8.32. The van der Waals surface area contributed by atoms with Crippen LogP contribution in [0, 0.1) is 5.92 Å². The van der Waals surface area contributed by atoms with E-state index in [9.17, 15) is 14.7 Å². The van der Waals surface area contributed by atoms with Gasteiger partial charge >= 0.3 is 11.6 Å². The summed E-state index contributed by atoms with van der Waals surface area (Å²) in [6, 6.07) is 6.44. The molecule has 2 aromatic rings. The smallest absolute Gasteiger partial charge is 0.336 e. The lowest BCUT2D eigenvalue weighted by Gasteiger charge is -2.41. The number of carbonyl (C=O) groups is 1. The molecule has 0 fully saturated rings. The van der Waals surface area contributed by atoms with Crippen molar-refractivity contribution < 1.29 is 23.8 Å². The Balaban J connectivity index is 2.15. The molecule has 1 aliphatic heterocycles. The highest BCUT2D eigenvalue weighted by Gasteiger charge is 2.46. The molecule has 2 atom stereocenters. The molecule has 0 saturated heterocycles. The summed E-state index contributed by atoms with van der Waals surface area (Å²) in [7, 11) is 0. The lowest BCUT2D eigenvalue weighted by Crippen LogP contribution is -2.50. The Morgan fingerprint density at radius 1 is 1.28 bits per heavy atom. The van der Waals surface area contributed by atoms with Gasteiger partial charge in [0.2, 0.25) is 0 Å². The molecule has 0 bridgehead atoms. The summed E-state index contributed by atoms with van der Waals surface area (Å²) < 4.78 is 16.8. The van der Waals surface area contributed by atoms with Gasteiger partial charge < -0.3 is 19.0 Å². The van der Waals surface area contributed by atoms with Crippen LogP contribution in [0.25, 0.3) is 11.0 Å². The molecule has 134 valence electrons. The summed E-state index contributed by atoms with van der Waals surface area (Å²) in [5.41, 5.74) is -0.827. The van der Waals surface area contributed by atoms with E-state index in [-0.39, 0.29) is 17.9 Å². The molecule has 1 aliphatic rings. The molecule has 0 unspecified atom stereocenters. The van der Waals surface area contributed by atoms with E-state index in [1.807, 2.05) is 13.8 Å². The number of carbonyl (C=O) groups excluding carboxylic acids is 1. The number of hydrogen-bond donors (Lipinski definition) is 1. The third kappa shape index (κ3) is 3.26. The van der Waals surface area contributed by atoms with Gasteiger partial charge in [0.05, 0.1) is 5.56 Å². The Kier molecular flexibility index (Phi) is 4.33. The van der Waals surface area contributed by atoms with Gasteiger partial charge in [-0.2, -0.15) is 0 Å². The van der Waals surface area contributed by atoms with Crippen molar-refractivity contribution in [1.29, 1.82) is 0 Å². The highest BCUT2D eigenvalue weighted by molar-refractivity contribution is 5.83. The van der Waals surface area contributed by atoms with Gasteiger partial charge in [-0.15, -0.1) is 0 Å². The second kappa shape index (κ2) is 6.19. The minimum absolute atomic E-state index is 0.127. The van der Waals surface area contributed by atoms with Crippen LogP contribution in [0.3, 0.4) is 0 Å². The molecule has 0 saturated carbocycles.